The summed E-state index contributed by atoms with van der Waals surface area (Å²) >= 11 is 0. The summed E-state index contributed by atoms with van der Waals surface area (Å²) in [7, 11) is 0. The molecule has 0 spiro atoms. The molecular formula is C6H7FN2. The summed E-state index contributed by atoms with van der Waals surface area (Å²) in [5.41, 5.74) is -1.45. The van der Waals surface area contributed by atoms with Gasteiger partial charge < -0.3 is 5.32 Å². The van der Waals surface area contributed by atoms with Crippen LogP contribution in [0.5, 0.6) is 0 Å². The Labute approximate surface area is 52.7 Å². The molecule has 1 N–H and O–H groups in total. The van der Waals surface area contributed by atoms with E-state index < -0.39 is 5.67 Å². The van der Waals surface area contributed by atoms with Crippen LogP contribution in [-0.4, -0.2) is 18.8 Å². The van der Waals surface area contributed by atoms with Gasteiger partial charge in [0.2, 0.25) is 5.67 Å². The molecule has 2 rings (SSSR count). The minimum absolute atomic E-state index is 0.00231. The normalized spacial score (nSPS) is 54.2. The number of fused-ring (bicyclic) bond motifs is 1. The molecule has 1 saturated carbocycles. The Bertz CT molecular complexity index is 174. The fourth-order valence-electron chi connectivity index (χ4n) is 1.64. The Balaban J connectivity index is 2.18. The molecule has 2 nitrogen and oxygen atoms in total. The van der Waals surface area contributed by atoms with Crippen LogP contribution in [-0.2, 0) is 0 Å². The number of nitrogens with one attached hydrogen (secondary N) is 1. The summed E-state index contributed by atoms with van der Waals surface area (Å²) in [6.45, 7) is 1.38. The lowest BCUT2D eigenvalue weighted by atomic mass is 10.3. The average Bonchev–Trinajstić information content (AvgIpc) is 2.39. The summed E-state index contributed by atoms with van der Waals surface area (Å²) in [4.78, 5) is 0. The molecule has 2 unspecified atom stereocenters. The maximum Gasteiger partial charge on any atom is 0.205 e. The van der Waals surface area contributed by atoms with Gasteiger partial charge in [-0.05, 0) is 0 Å². The molecule has 0 radical (unpaired) electrons. The second-order valence-corrected chi connectivity index (χ2v) is 2.75. The van der Waals surface area contributed by atoms with E-state index in [4.69, 9.17) is 5.26 Å². The molecule has 3 heteroatoms. The molecule has 0 aromatic heterocycles. The van der Waals surface area contributed by atoms with Crippen LogP contribution >= 0.6 is 0 Å². The molecule has 0 amide bonds. The number of halogens is 1. The van der Waals surface area contributed by atoms with Crippen molar-refractivity contribution < 1.29 is 4.39 Å². The smallest absolute Gasteiger partial charge is 0.205 e. The quantitative estimate of drug-likeness (QED) is 0.498. The van der Waals surface area contributed by atoms with E-state index >= 15 is 0 Å². The molecule has 1 aliphatic heterocycles. The molecule has 0 bridgehead atoms. The Morgan fingerprint density at radius 3 is 2.44 bits per heavy atom. The highest BCUT2D eigenvalue weighted by Crippen LogP contribution is 2.55. The highest BCUT2D eigenvalue weighted by atomic mass is 19.1. The van der Waals surface area contributed by atoms with Gasteiger partial charge in [0.25, 0.3) is 0 Å². The predicted octanol–water partition coefficient (Wildman–Crippen LogP) is 0.0675. The van der Waals surface area contributed by atoms with E-state index in [0.717, 1.165) is 0 Å². The Hall–Kier alpha value is -0.620. The molecule has 2 fully saturated rings. The van der Waals surface area contributed by atoms with Gasteiger partial charge in [-0.25, -0.2) is 4.39 Å². The van der Waals surface area contributed by atoms with E-state index in [1.54, 1.807) is 6.07 Å². The van der Waals surface area contributed by atoms with E-state index in [1.807, 2.05) is 0 Å². The SMILES string of the molecule is N#CC1(F)C2CNCC21. The third-order valence-electron chi connectivity index (χ3n) is 2.36. The predicted molar refractivity (Wildman–Crippen MR) is 29.3 cm³/mol. The molecule has 2 aliphatic rings. The van der Waals surface area contributed by atoms with Gasteiger partial charge in [0.05, 0.1) is 0 Å². The van der Waals surface area contributed by atoms with Crippen molar-refractivity contribution in [2.24, 2.45) is 11.8 Å². The topological polar surface area (TPSA) is 35.8 Å². The number of hydrogen-bond acceptors (Lipinski definition) is 2. The van der Waals surface area contributed by atoms with Crippen molar-refractivity contribution >= 4 is 0 Å². The van der Waals surface area contributed by atoms with Crippen molar-refractivity contribution in [3.8, 4) is 6.07 Å². The summed E-state index contributed by atoms with van der Waals surface area (Å²) < 4.78 is 12.9. The largest absolute Gasteiger partial charge is 0.316 e. The molecule has 2 atom stereocenters. The van der Waals surface area contributed by atoms with E-state index in [1.165, 1.54) is 0 Å². The minimum atomic E-state index is -1.45. The zero-order valence-corrected chi connectivity index (χ0v) is 4.89. The lowest BCUT2D eigenvalue weighted by Crippen LogP contribution is -2.21. The number of nitriles is 1. The Kier molecular flexibility index (Phi) is 0.732. The van der Waals surface area contributed by atoms with E-state index in [2.05, 4.69) is 5.32 Å². The van der Waals surface area contributed by atoms with Crippen LogP contribution in [0.1, 0.15) is 0 Å². The van der Waals surface area contributed by atoms with Gasteiger partial charge in [0.15, 0.2) is 0 Å². The van der Waals surface area contributed by atoms with Gasteiger partial charge in [0, 0.05) is 24.9 Å². The Morgan fingerprint density at radius 1 is 1.56 bits per heavy atom. The van der Waals surface area contributed by atoms with E-state index in [9.17, 15) is 4.39 Å². The third kappa shape index (κ3) is 0.426. The maximum atomic E-state index is 12.9. The van der Waals surface area contributed by atoms with Crippen molar-refractivity contribution in [2.75, 3.05) is 13.1 Å². The first-order chi connectivity index (χ1) is 4.29. The highest BCUT2D eigenvalue weighted by Gasteiger charge is 2.69. The second kappa shape index (κ2) is 1.27. The average molecular weight is 126 g/mol. The van der Waals surface area contributed by atoms with Crippen molar-refractivity contribution in [2.45, 2.75) is 5.67 Å². The van der Waals surface area contributed by atoms with E-state index in [-0.39, 0.29) is 11.8 Å². The fraction of sp³-hybridized carbons (Fsp3) is 0.833. The minimum Gasteiger partial charge on any atom is -0.316 e. The van der Waals surface area contributed by atoms with Gasteiger partial charge in [-0.3, -0.25) is 0 Å². The van der Waals surface area contributed by atoms with Crippen molar-refractivity contribution in [3.63, 3.8) is 0 Å². The lowest BCUT2D eigenvalue weighted by molar-refractivity contribution is 0.321. The number of hydrogen-bond donors (Lipinski definition) is 1. The molecular weight excluding hydrogens is 119 g/mol. The van der Waals surface area contributed by atoms with Gasteiger partial charge in [-0.1, -0.05) is 0 Å². The fourth-order valence-corrected chi connectivity index (χ4v) is 1.64. The summed E-state index contributed by atoms with van der Waals surface area (Å²) in [5, 5.41) is 11.3. The molecule has 48 valence electrons. The maximum absolute atomic E-state index is 12.9. The number of alkyl halides is 1. The number of rotatable bonds is 0. The summed E-state index contributed by atoms with van der Waals surface area (Å²) in [5.74, 6) is 0.00463. The molecule has 0 aromatic carbocycles. The first-order valence-corrected chi connectivity index (χ1v) is 3.10. The number of piperidine rings is 1. The van der Waals surface area contributed by atoms with Crippen molar-refractivity contribution in [3.05, 3.63) is 0 Å². The van der Waals surface area contributed by atoms with E-state index in [0.29, 0.717) is 13.1 Å². The molecule has 1 saturated heterocycles. The van der Waals surface area contributed by atoms with Crippen LogP contribution < -0.4 is 5.32 Å². The lowest BCUT2D eigenvalue weighted by Gasteiger charge is -2.00. The molecule has 9 heavy (non-hydrogen) atoms. The monoisotopic (exact) mass is 126 g/mol. The molecule has 1 aliphatic carbocycles. The standard InChI is InChI=1S/C6H7FN2/c7-6(3-8)4-1-9-2-5(4)6/h4-5,9H,1-2H2. The zero-order chi connectivity index (χ0) is 6.48. The zero-order valence-electron chi connectivity index (χ0n) is 4.89. The van der Waals surface area contributed by atoms with Crippen LogP contribution in [0.25, 0.3) is 0 Å². The van der Waals surface area contributed by atoms with Crippen molar-refractivity contribution in [1.29, 1.82) is 5.26 Å². The van der Waals surface area contributed by atoms with Crippen LogP contribution in [0.15, 0.2) is 0 Å². The van der Waals surface area contributed by atoms with Gasteiger partial charge in [0.1, 0.15) is 6.07 Å². The van der Waals surface area contributed by atoms with Crippen LogP contribution in [0.2, 0.25) is 0 Å². The second-order valence-electron chi connectivity index (χ2n) is 2.75. The van der Waals surface area contributed by atoms with Crippen LogP contribution in [0, 0.1) is 23.2 Å². The number of nitrogens with zero attached hydrogens (tertiary/aromatic N) is 1. The first kappa shape index (κ1) is 5.19. The molecule has 0 aromatic rings. The Morgan fingerprint density at radius 2 is 2.11 bits per heavy atom. The molecule has 1 heterocycles. The first-order valence-electron chi connectivity index (χ1n) is 3.10. The van der Waals surface area contributed by atoms with Gasteiger partial charge in [-0.15, -0.1) is 0 Å². The highest BCUT2D eigenvalue weighted by molar-refractivity contribution is 5.28. The summed E-state index contributed by atoms with van der Waals surface area (Å²) in [6.07, 6.45) is 0. The van der Waals surface area contributed by atoms with Crippen LogP contribution in [0.4, 0.5) is 4.39 Å². The third-order valence-corrected chi connectivity index (χ3v) is 2.36. The van der Waals surface area contributed by atoms with Gasteiger partial charge in [-0.2, -0.15) is 5.26 Å². The van der Waals surface area contributed by atoms with Crippen molar-refractivity contribution in [1.82, 2.24) is 5.32 Å². The summed E-state index contributed by atoms with van der Waals surface area (Å²) in [6, 6.07) is 1.71. The van der Waals surface area contributed by atoms with Gasteiger partial charge >= 0.3 is 0 Å². The van der Waals surface area contributed by atoms with Crippen LogP contribution in [0.3, 0.4) is 0 Å².